The SMILES string of the molecule is Cc1cc(CN2CC[C@@H]3OCCC[C@]3(COCC(=O)N(C)C)C2)no1. The Morgan fingerprint density at radius 1 is 1.52 bits per heavy atom. The number of rotatable bonds is 6. The second-order valence-electron chi connectivity index (χ2n) is 7.53. The minimum atomic E-state index is -0.0398. The Kier molecular flexibility index (Phi) is 5.76. The van der Waals surface area contributed by atoms with Gasteiger partial charge in [-0.25, -0.2) is 0 Å². The first-order valence-corrected chi connectivity index (χ1v) is 9.02. The number of amides is 1. The lowest BCUT2D eigenvalue weighted by atomic mass is 9.73. The molecule has 0 saturated carbocycles. The van der Waals surface area contributed by atoms with Gasteiger partial charge in [0, 0.05) is 51.8 Å². The number of aromatic nitrogens is 1. The van der Waals surface area contributed by atoms with Gasteiger partial charge in [-0.2, -0.15) is 0 Å². The summed E-state index contributed by atoms with van der Waals surface area (Å²) in [6.07, 6.45) is 3.31. The molecule has 2 saturated heterocycles. The largest absolute Gasteiger partial charge is 0.377 e. The van der Waals surface area contributed by atoms with E-state index in [1.54, 1.807) is 19.0 Å². The zero-order valence-electron chi connectivity index (χ0n) is 15.5. The Labute approximate surface area is 149 Å². The van der Waals surface area contributed by atoms with E-state index in [2.05, 4.69) is 10.1 Å². The van der Waals surface area contributed by atoms with Crippen LogP contribution >= 0.6 is 0 Å². The predicted molar refractivity (Wildman–Crippen MR) is 92.1 cm³/mol. The monoisotopic (exact) mass is 351 g/mol. The van der Waals surface area contributed by atoms with Crippen LogP contribution in [0.15, 0.2) is 10.6 Å². The number of carbonyl (C=O) groups excluding carboxylic acids is 1. The zero-order chi connectivity index (χ0) is 17.9. The van der Waals surface area contributed by atoms with Gasteiger partial charge in [0.1, 0.15) is 12.4 Å². The van der Waals surface area contributed by atoms with Crippen molar-refractivity contribution in [1.82, 2.24) is 15.0 Å². The summed E-state index contributed by atoms with van der Waals surface area (Å²) in [5.41, 5.74) is 0.925. The van der Waals surface area contributed by atoms with E-state index < -0.39 is 0 Å². The Hall–Kier alpha value is -1.44. The summed E-state index contributed by atoms with van der Waals surface area (Å²) in [5, 5.41) is 4.11. The summed E-state index contributed by atoms with van der Waals surface area (Å²) in [5.74, 6) is 0.835. The van der Waals surface area contributed by atoms with Crippen molar-refractivity contribution in [2.24, 2.45) is 5.41 Å². The number of carbonyl (C=O) groups is 1. The van der Waals surface area contributed by atoms with Crippen molar-refractivity contribution in [3.63, 3.8) is 0 Å². The van der Waals surface area contributed by atoms with Gasteiger partial charge >= 0.3 is 0 Å². The Morgan fingerprint density at radius 3 is 3.08 bits per heavy atom. The van der Waals surface area contributed by atoms with Crippen molar-refractivity contribution in [2.75, 3.05) is 47.0 Å². The van der Waals surface area contributed by atoms with Gasteiger partial charge in [-0.15, -0.1) is 0 Å². The lowest BCUT2D eigenvalue weighted by molar-refractivity contribution is -0.160. The lowest BCUT2D eigenvalue weighted by Gasteiger charge is -2.50. The molecular formula is C18H29N3O4. The summed E-state index contributed by atoms with van der Waals surface area (Å²) in [6.45, 7) is 6.09. The number of aryl methyl sites for hydroxylation is 1. The summed E-state index contributed by atoms with van der Waals surface area (Å²) in [7, 11) is 3.50. The fourth-order valence-corrected chi connectivity index (χ4v) is 3.92. The number of likely N-dealkylation sites (N-methyl/N-ethyl adjacent to an activating group) is 1. The molecule has 0 bridgehead atoms. The van der Waals surface area contributed by atoms with Gasteiger partial charge in [0.15, 0.2) is 0 Å². The van der Waals surface area contributed by atoms with Crippen LogP contribution in [-0.2, 0) is 20.8 Å². The molecule has 0 spiro atoms. The van der Waals surface area contributed by atoms with Crippen molar-refractivity contribution < 1.29 is 18.8 Å². The quantitative estimate of drug-likeness (QED) is 0.773. The third-order valence-corrected chi connectivity index (χ3v) is 5.24. The standard InChI is InChI=1S/C18H29N3O4/c1-14-9-15(19-25-14)10-21-7-5-16-18(12-21,6-4-8-24-16)13-23-11-17(22)20(2)3/h9,16H,4-8,10-13H2,1-3H3/t16-,18+/m0/s1. The first-order chi connectivity index (χ1) is 12.0. The van der Waals surface area contributed by atoms with Gasteiger partial charge in [-0.1, -0.05) is 5.16 Å². The summed E-state index contributed by atoms with van der Waals surface area (Å²) in [4.78, 5) is 15.8. The molecule has 7 heteroatoms. The molecule has 1 amide bonds. The summed E-state index contributed by atoms with van der Waals surface area (Å²) >= 11 is 0. The minimum absolute atomic E-state index is 0.00424. The fraction of sp³-hybridized carbons (Fsp3) is 0.778. The molecule has 7 nitrogen and oxygen atoms in total. The zero-order valence-corrected chi connectivity index (χ0v) is 15.5. The molecule has 1 aromatic rings. The van der Waals surface area contributed by atoms with Crippen LogP contribution in [0.1, 0.15) is 30.7 Å². The molecule has 0 radical (unpaired) electrons. The highest BCUT2D eigenvalue weighted by molar-refractivity contribution is 5.76. The van der Waals surface area contributed by atoms with Crippen LogP contribution in [0.25, 0.3) is 0 Å². The van der Waals surface area contributed by atoms with E-state index in [4.69, 9.17) is 14.0 Å². The van der Waals surface area contributed by atoms with Crippen LogP contribution in [0.3, 0.4) is 0 Å². The second kappa shape index (κ2) is 7.85. The van der Waals surface area contributed by atoms with E-state index in [-0.39, 0.29) is 24.0 Å². The van der Waals surface area contributed by atoms with Crippen LogP contribution in [0, 0.1) is 12.3 Å². The highest BCUT2D eigenvalue weighted by Crippen LogP contribution is 2.40. The van der Waals surface area contributed by atoms with E-state index in [0.717, 1.165) is 57.0 Å². The van der Waals surface area contributed by atoms with Crippen molar-refractivity contribution in [3.8, 4) is 0 Å². The van der Waals surface area contributed by atoms with Gasteiger partial charge in [0.25, 0.3) is 0 Å². The van der Waals surface area contributed by atoms with E-state index >= 15 is 0 Å². The van der Waals surface area contributed by atoms with Crippen LogP contribution < -0.4 is 0 Å². The fourth-order valence-electron chi connectivity index (χ4n) is 3.92. The Bertz CT molecular complexity index is 589. The molecule has 25 heavy (non-hydrogen) atoms. The second-order valence-corrected chi connectivity index (χ2v) is 7.53. The normalized spacial score (nSPS) is 27.1. The molecule has 140 valence electrons. The van der Waals surface area contributed by atoms with Crippen molar-refractivity contribution in [2.45, 2.75) is 38.8 Å². The number of hydrogen-bond donors (Lipinski definition) is 0. The Morgan fingerprint density at radius 2 is 2.36 bits per heavy atom. The third kappa shape index (κ3) is 4.40. The Balaban J connectivity index is 1.62. The molecule has 0 unspecified atom stereocenters. The van der Waals surface area contributed by atoms with Crippen LogP contribution in [-0.4, -0.2) is 74.0 Å². The first-order valence-electron chi connectivity index (χ1n) is 9.02. The third-order valence-electron chi connectivity index (χ3n) is 5.24. The van der Waals surface area contributed by atoms with Gasteiger partial charge in [-0.05, 0) is 26.2 Å². The number of fused-ring (bicyclic) bond motifs is 1. The maximum absolute atomic E-state index is 11.8. The summed E-state index contributed by atoms with van der Waals surface area (Å²) < 4.78 is 17.1. The maximum Gasteiger partial charge on any atom is 0.248 e. The molecule has 0 N–H and O–H groups in total. The van der Waals surface area contributed by atoms with E-state index in [1.165, 1.54) is 0 Å². The minimum Gasteiger partial charge on any atom is -0.377 e. The lowest BCUT2D eigenvalue weighted by Crippen LogP contribution is -2.56. The molecule has 3 heterocycles. The van der Waals surface area contributed by atoms with Gasteiger partial charge in [-0.3, -0.25) is 9.69 Å². The number of nitrogens with zero attached hydrogens (tertiary/aromatic N) is 3. The molecule has 2 atom stereocenters. The number of piperidine rings is 1. The number of likely N-dealkylation sites (tertiary alicyclic amines) is 1. The highest BCUT2D eigenvalue weighted by Gasteiger charge is 2.46. The van der Waals surface area contributed by atoms with Crippen LogP contribution in [0.5, 0.6) is 0 Å². The van der Waals surface area contributed by atoms with E-state index in [9.17, 15) is 4.79 Å². The van der Waals surface area contributed by atoms with Gasteiger partial charge in [0.05, 0.1) is 18.4 Å². The van der Waals surface area contributed by atoms with Gasteiger partial charge in [0.2, 0.25) is 5.91 Å². The molecule has 0 aromatic carbocycles. The predicted octanol–water partition coefficient (Wildman–Crippen LogP) is 1.46. The average molecular weight is 351 g/mol. The molecule has 2 fully saturated rings. The molecular weight excluding hydrogens is 322 g/mol. The molecule has 2 aliphatic rings. The van der Waals surface area contributed by atoms with E-state index in [0.29, 0.717) is 6.61 Å². The average Bonchev–Trinajstić information content (AvgIpc) is 2.99. The molecule has 0 aliphatic carbocycles. The topological polar surface area (TPSA) is 68.0 Å². The van der Waals surface area contributed by atoms with Crippen LogP contribution in [0.4, 0.5) is 0 Å². The number of hydrogen-bond acceptors (Lipinski definition) is 6. The van der Waals surface area contributed by atoms with Crippen molar-refractivity contribution in [3.05, 3.63) is 17.5 Å². The molecule has 3 rings (SSSR count). The van der Waals surface area contributed by atoms with Crippen molar-refractivity contribution >= 4 is 5.91 Å². The van der Waals surface area contributed by atoms with Gasteiger partial charge < -0.3 is 18.9 Å². The van der Waals surface area contributed by atoms with Crippen molar-refractivity contribution in [1.29, 1.82) is 0 Å². The maximum atomic E-state index is 11.8. The summed E-state index contributed by atoms with van der Waals surface area (Å²) in [6, 6.07) is 1.99. The number of ether oxygens (including phenoxy) is 2. The smallest absolute Gasteiger partial charge is 0.248 e. The highest BCUT2D eigenvalue weighted by atomic mass is 16.5. The molecule has 2 aliphatic heterocycles. The van der Waals surface area contributed by atoms with E-state index in [1.807, 2.05) is 13.0 Å². The first kappa shape index (κ1) is 18.4. The molecule has 1 aromatic heterocycles. The van der Waals surface area contributed by atoms with Crippen LogP contribution in [0.2, 0.25) is 0 Å².